The van der Waals surface area contributed by atoms with Gasteiger partial charge in [-0.2, -0.15) is 0 Å². The van der Waals surface area contributed by atoms with Crippen LogP contribution in [0.15, 0.2) is 170 Å². The van der Waals surface area contributed by atoms with E-state index in [4.69, 9.17) is 45.1 Å². The van der Waals surface area contributed by atoms with Gasteiger partial charge in [0.25, 0.3) is 0 Å². The molecule has 0 radical (unpaired) electrons. The zero-order valence-corrected chi connectivity index (χ0v) is 48.2. The average molecular weight is 1110 g/mol. The van der Waals surface area contributed by atoms with Crippen molar-refractivity contribution in [2.24, 2.45) is 0 Å². The predicted octanol–water partition coefficient (Wildman–Crippen LogP) is 9.96. The molecule has 72 heavy (non-hydrogen) atoms. The minimum Gasteiger partial charge on any atom is -0.870 e. The van der Waals surface area contributed by atoms with Gasteiger partial charge in [-0.05, 0) is 105 Å². The van der Waals surface area contributed by atoms with E-state index in [1.54, 1.807) is 36.4 Å². The van der Waals surface area contributed by atoms with Crippen LogP contribution >= 0.6 is 32.4 Å². The van der Waals surface area contributed by atoms with Crippen molar-refractivity contribution in [3.8, 4) is 17.2 Å². The van der Waals surface area contributed by atoms with Crippen molar-refractivity contribution >= 4 is 67.0 Å². The van der Waals surface area contributed by atoms with Crippen LogP contribution in [0.25, 0.3) is 6.08 Å². The third-order valence-corrected chi connectivity index (χ3v) is 19.9. The van der Waals surface area contributed by atoms with Crippen LogP contribution in [-0.4, -0.2) is 81.0 Å². The van der Waals surface area contributed by atoms with Gasteiger partial charge in [-0.15, -0.1) is 0 Å². The van der Waals surface area contributed by atoms with Crippen LogP contribution in [0, 0.1) is 7.43 Å². The number of halogens is 2. The van der Waals surface area contributed by atoms with E-state index in [1.165, 1.54) is 40.9 Å². The van der Waals surface area contributed by atoms with Crippen LogP contribution < -0.4 is 76.8 Å². The van der Waals surface area contributed by atoms with Crippen molar-refractivity contribution in [2.75, 3.05) is 39.7 Å². The van der Waals surface area contributed by atoms with E-state index >= 15 is 0 Å². The van der Waals surface area contributed by atoms with Crippen molar-refractivity contribution < 1.29 is 100.0 Å². The van der Waals surface area contributed by atoms with Crippen molar-refractivity contribution in [1.29, 1.82) is 0 Å². The second kappa shape index (κ2) is 35.6. The molecular formula is C58H69BrClKO10P-. The summed E-state index contributed by atoms with van der Waals surface area (Å²) in [5, 5.41) is 10.2. The number of ether oxygens (including phenoxy) is 6. The Bertz CT molecular complexity index is 2170. The van der Waals surface area contributed by atoms with E-state index in [1.807, 2.05) is 30.3 Å². The van der Waals surface area contributed by atoms with E-state index in [0.29, 0.717) is 11.1 Å². The molecule has 4 aliphatic rings. The number of alkyl halides is 1. The van der Waals surface area contributed by atoms with Crippen LogP contribution in [0.5, 0.6) is 17.2 Å². The maximum Gasteiger partial charge on any atom is 1.00 e. The van der Waals surface area contributed by atoms with Gasteiger partial charge in [-0.25, -0.2) is 0 Å². The standard InChI is InChI=1S/C19H18BrP.C12H14O2.C11H12O3.C7H6O2.C4H7ClO.C4H8O.CH3.K.H2O/c1-21(20,17-11-5-2-6-12-17,18-13-7-3-8-14-18)19-15-9-4-10-16-19;1-2-10-5-7-11(8-6-10)14-12-4-3-9-13-12;12-8-9-3-5-10(6-4-9)14-11-2-1-7-13-11;8-5-6-1-3-7(9)4-2-6;5-4-2-1-3-6-4;1-2-4-5-3-1;;;/h2-16H,1H3;2,5-8,12H,1,3-4,9H2;3-6,8,11H,1-2,7H2;1-5,9H;4H,1-3H2;1-4H2;1H3;;1H2/q;;;;;;-1;+1;/p-1. The van der Waals surface area contributed by atoms with E-state index in [0.717, 1.165) is 101 Å². The summed E-state index contributed by atoms with van der Waals surface area (Å²) in [6, 6.07) is 53.3. The minimum atomic E-state index is -2.56. The largest absolute Gasteiger partial charge is 1.00 e. The monoisotopic (exact) mass is 1110 g/mol. The van der Waals surface area contributed by atoms with E-state index < -0.39 is 5.31 Å². The molecule has 14 heteroatoms. The first-order valence-electron chi connectivity index (χ1n) is 23.4. The van der Waals surface area contributed by atoms with Crippen LogP contribution in [0.2, 0.25) is 0 Å². The Balaban J connectivity index is 0.000000311. The molecule has 0 spiro atoms. The van der Waals surface area contributed by atoms with Gasteiger partial charge in [0.2, 0.25) is 0 Å². The van der Waals surface area contributed by atoms with Gasteiger partial charge in [0.1, 0.15) is 35.4 Å². The van der Waals surface area contributed by atoms with Gasteiger partial charge in [0.05, 0.1) is 13.2 Å². The average Bonchev–Trinajstić information content (AvgIpc) is 4.29. The van der Waals surface area contributed by atoms with Crippen LogP contribution in [-0.2, 0) is 18.9 Å². The molecule has 0 saturated carbocycles. The van der Waals surface area contributed by atoms with Gasteiger partial charge < -0.3 is 46.4 Å². The first-order valence-corrected chi connectivity index (χ1v) is 28.6. The van der Waals surface area contributed by atoms with Crippen molar-refractivity contribution in [3.05, 3.63) is 194 Å². The number of phenolic OH excluding ortho intramolecular Hbond substituents is 1. The molecule has 10 rings (SSSR count). The zero-order valence-electron chi connectivity index (χ0n) is 41.8. The summed E-state index contributed by atoms with van der Waals surface area (Å²) in [6.07, 6.45) is 12.0. The molecule has 3 atom stereocenters. The second-order valence-electron chi connectivity index (χ2n) is 16.5. The molecule has 0 amide bonds. The number of phenols is 1. The summed E-state index contributed by atoms with van der Waals surface area (Å²) in [7, 11) is 0. The summed E-state index contributed by atoms with van der Waals surface area (Å²) >= 11 is 9.73. The smallest absolute Gasteiger partial charge is 0.870 e. The van der Waals surface area contributed by atoms with Crippen molar-refractivity contribution in [3.63, 3.8) is 0 Å². The minimum absolute atomic E-state index is 0. The Morgan fingerprint density at radius 2 is 0.917 bits per heavy atom. The Kier molecular flexibility index (Phi) is 31.9. The number of hydrogen-bond acceptors (Lipinski definition) is 10. The van der Waals surface area contributed by atoms with E-state index in [2.05, 4.69) is 120 Å². The van der Waals surface area contributed by atoms with Crippen molar-refractivity contribution in [2.45, 2.75) is 69.5 Å². The van der Waals surface area contributed by atoms with Gasteiger partial charge in [0.15, 0.2) is 12.6 Å². The Morgan fingerprint density at radius 1 is 0.556 bits per heavy atom. The van der Waals surface area contributed by atoms with Crippen LogP contribution in [0.3, 0.4) is 0 Å². The fourth-order valence-electron chi connectivity index (χ4n) is 7.29. The molecule has 3 unspecified atom stereocenters. The Labute approximate surface area is 483 Å². The first kappa shape index (κ1) is 64.6. The molecule has 4 aliphatic heterocycles. The Hall–Kier alpha value is -3.56. The number of hydrogen-bond donors (Lipinski definition) is 1. The topological polar surface area (TPSA) is 140 Å². The molecule has 4 saturated heterocycles. The van der Waals surface area contributed by atoms with E-state index in [9.17, 15) is 9.59 Å². The summed E-state index contributed by atoms with van der Waals surface area (Å²) in [6.45, 7) is 10.5. The van der Waals surface area contributed by atoms with Gasteiger partial charge in [-0.3, -0.25) is 9.59 Å². The molecule has 0 aromatic heterocycles. The Morgan fingerprint density at radius 3 is 1.19 bits per heavy atom. The normalized spacial score (nSPS) is 17.6. The molecule has 6 aromatic rings. The molecule has 0 bridgehead atoms. The zero-order chi connectivity index (χ0) is 49.0. The third kappa shape index (κ3) is 21.7. The van der Waals surface area contributed by atoms with E-state index in [-0.39, 0.29) is 88.2 Å². The fraction of sp³-hybridized carbons (Fsp3) is 0.293. The predicted molar refractivity (Wildman–Crippen MR) is 294 cm³/mol. The molecular weight excluding hydrogens is 1040 g/mol. The van der Waals surface area contributed by atoms with Gasteiger partial charge in [0, 0.05) is 43.8 Å². The molecule has 0 aliphatic carbocycles. The van der Waals surface area contributed by atoms with Crippen LogP contribution in [0.1, 0.15) is 77.6 Å². The third-order valence-electron chi connectivity index (χ3n) is 11.3. The quantitative estimate of drug-likeness (QED) is 0.0464. The molecule has 4 fully saturated rings. The second-order valence-corrected chi connectivity index (χ2v) is 26.7. The van der Waals surface area contributed by atoms with Gasteiger partial charge in [-0.1, -0.05) is 36.4 Å². The summed E-state index contributed by atoms with van der Waals surface area (Å²) in [4.78, 5) is 20.4. The number of rotatable bonds is 10. The molecule has 10 nitrogen and oxygen atoms in total. The number of carbonyl (C=O) groups excluding carboxylic acids is 2. The summed E-state index contributed by atoms with van der Waals surface area (Å²) in [5.74, 6) is 1.80. The number of aldehydes is 2. The van der Waals surface area contributed by atoms with Gasteiger partial charge >= 0.3 is 186 Å². The number of carbonyl (C=O) groups is 2. The maximum atomic E-state index is 10.4. The molecule has 2 N–H and O–H groups in total. The number of benzene rings is 6. The number of aromatic hydroxyl groups is 1. The SMILES string of the molecule is C1CCOC1.C=Cc1ccc(OC2CCCO2)cc1.CP(Br)(c1ccccc1)(c1ccccc1)c1ccccc1.ClC1CCCO1.O=Cc1ccc(O)cc1.O=Cc1ccc(OC2CCCO2)cc1.[CH3-].[K+].[OH-]. The maximum absolute atomic E-state index is 10.4. The van der Waals surface area contributed by atoms with Crippen LogP contribution in [0.4, 0.5) is 0 Å². The first-order chi connectivity index (χ1) is 33.6. The molecule has 6 aromatic carbocycles. The summed E-state index contributed by atoms with van der Waals surface area (Å²) < 4.78 is 31.7. The molecule has 4 heterocycles. The summed E-state index contributed by atoms with van der Waals surface area (Å²) in [5.41, 5.74) is 2.35. The van der Waals surface area contributed by atoms with Crippen molar-refractivity contribution in [1.82, 2.24) is 0 Å². The fourth-order valence-corrected chi connectivity index (χ4v) is 13.2. The molecule has 382 valence electrons.